The number of hydrogen-bond acceptors (Lipinski definition) is 5. The molecule has 2 aliphatic carbocycles. The van der Waals surface area contributed by atoms with Gasteiger partial charge in [-0.2, -0.15) is 5.10 Å². The van der Waals surface area contributed by atoms with Crippen molar-refractivity contribution >= 4 is 40.1 Å². The van der Waals surface area contributed by atoms with Crippen molar-refractivity contribution in [3.63, 3.8) is 0 Å². The normalized spacial score (nSPS) is 33.5. The van der Waals surface area contributed by atoms with Gasteiger partial charge in [0.1, 0.15) is 5.25 Å². The number of rotatable bonds is 4. The molecule has 1 aromatic carbocycles. The third kappa shape index (κ3) is 3.26. The summed E-state index contributed by atoms with van der Waals surface area (Å²) < 4.78 is 0. The van der Waals surface area contributed by atoms with Crippen molar-refractivity contribution in [1.82, 2.24) is 5.32 Å². The van der Waals surface area contributed by atoms with E-state index in [4.69, 9.17) is 0 Å². The minimum Gasteiger partial charge on any atom is -0.326 e. The second-order valence-electron chi connectivity index (χ2n) is 8.66. The number of carbonyl (C=O) groups excluding carboxylic acids is 2. The molecule has 3 unspecified atom stereocenters. The number of anilines is 1. The fourth-order valence-corrected chi connectivity index (χ4v) is 5.59. The molecule has 3 atom stereocenters. The lowest BCUT2D eigenvalue weighted by Crippen LogP contribution is -2.32. The first-order valence-corrected chi connectivity index (χ1v) is 10.6. The summed E-state index contributed by atoms with van der Waals surface area (Å²) in [6, 6.07) is 9.24. The molecule has 1 aliphatic heterocycles. The van der Waals surface area contributed by atoms with Crippen LogP contribution in [0.3, 0.4) is 0 Å². The van der Waals surface area contributed by atoms with Gasteiger partial charge in [0.2, 0.25) is 11.8 Å². The summed E-state index contributed by atoms with van der Waals surface area (Å²) in [6.45, 7) is 6.94. The number of para-hydroxylation sites is 1. The van der Waals surface area contributed by atoms with E-state index in [0.29, 0.717) is 11.1 Å². The van der Waals surface area contributed by atoms with E-state index in [1.165, 1.54) is 18.2 Å². The lowest BCUT2D eigenvalue weighted by atomic mass is 9.70. The number of nitrogens with one attached hydrogen (secondary N) is 2. The van der Waals surface area contributed by atoms with Crippen molar-refractivity contribution in [2.24, 2.45) is 27.0 Å². The molecule has 2 saturated carbocycles. The van der Waals surface area contributed by atoms with Gasteiger partial charge in [-0.3, -0.25) is 9.59 Å². The fraction of sp³-hybridized carbons (Fsp3) is 0.524. The first-order valence-electron chi connectivity index (χ1n) is 9.77. The van der Waals surface area contributed by atoms with Gasteiger partial charge in [-0.1, -0.05) is 50.7 Å². The van der Waals surface area contributed by atoms with E-state index in [-0.39, 0.29) is 29.1 Å². The number of carbonyl (C=O) groups is 2. The Labute approximate surface area is 169 Å². The summed E-state index contributed by atoms with van der Waals surface area (Å²) in [5, 5.41) is 14.5. The molecule has 1 aromatic rings. The van der Waals surface area contributed by atoms with Crippen LogP contribution in [-0.2, 0) is 9.59 Å². The zero-order chi connectivity index (χ0) is 19.9. The Morgan fingerprint density at radius 2 is 2.00 bits per heavy atom. The van der Waals surface area contributed by atoms with Gasteiger partial charge in [0, 0.05) is 23.2 Å². The smallest absolute Gasteiger partial charge is 0.240 e. The molecule has 1 saturated heterocycles. The van der Waals surface area contributed by atoms with Gasteiger partial charge < -0.3 is 10.6 Å². The van der Waals surface area contributed by atoms with Crippen molar-refractivity contribution in [3.05, 3.63) is 30.3 Å². The Kier molecular flexibility index (Phi) is 4.81. The Morgan fingerprint density at radius 1 is 1.25 bits per heavy atom. The summed E-state index contributed by atoms with van der Waals surface area (Å²) in [5.74, 6) is 0.289. The maximum absolute atomic E-state index is 12.2. The number of benzene rings is 1. The van der Waals surface area contributed by atoms with Crippen LogP contribution < -0.4 is 10.6 Å². The molecule has 6 nitrogen and oxygen atoms in total. The molecule has 1 heterocycles. The maximum Gasteiger partial charge on any atom is 0.240 e. The minimum atomic E-state index is -0.477. The lowest BCUT2D eigenvalue weighted by molar-refractivity contribution is -0.122. The van der Waals surface area contributed by atoms with Crippen LogP contribution >= 0.6 is 11.8 Å². The first kappa shape index (κ1) is 19.2. The molecule has 7 heteroatoms. The fourth-order valence-electron chi connectivity index (χ4n) is 4.67. The van der Waals surface area contributed by atoms with Gasteiger partial charge in [-0.15, -0.1) is 5.10 Å². The van der Waals surface area contributed by atoms with Crippen LogP contribution in [0.2, 0.25) is 0 Å². The van der Waals surface area contributed by atoms with E-state index in [2.05, 4.69) is 41.6 Å². The molecule has 2 amide bonds. The minimum absolute atomic E-state index is 0.0873. The molecule has 0 radical (unpaired) electrons. The predicted molar refractivity (Wildman–Crippen MR) is 113 cm³/mol. The van der Waals surface area contributed by atoms with Crippen LogP contribution in [0.5, 0.6) is 0 Å². The van der Waals surface area contributed by atoms with Crippen molar-refractivity contribution in [2.45, 2.75) is 51.7 Å². The van der Waals surface area contributed by atoms with Crippen molar-refractivity contribution in [3.8, 4) is 0 Å². The third-order valence-electron chi connectivity index (χ3n) is 6.98. The summed E-state index contributed by atoms with van der Waals surface area (Å²) in [4.78, 5) is 24.4. The van der Waals surface area contributed by atoms with Crippen LogP contribution in [0.25, 0.3) is 0 Å². The van der Waals surface area contributed by atoms with Crippen molar-refractivity contribution in [2.75, 3.05) is 5.32 Å². The molecule has 2 N–H and O–H groups in total. The van der Waals surface area contributed by atoms with Crippen LogP contribution in [-0.4, -0.2) is 27.9 Å². The number of fused-ring (bicyclic) bond motifs is 2. The number of amidine groups is 1. The molecule has 3 aliphatic rings. The Morgan fingerprint density at radius 3 is 2.64 bits per heavy atom. The topological polar surface area (TPSA) is 82.9 Å². The standard InChI is InChI=1S/C21H26N4O2S/c1-20(2)13-9-10-21(20,3)16(11-13)24-25-19-23-18(27)15(28-19)12-17(26)22-14-7-5-4-6-8-14/h4-8,13,15H,9-12H2,1-3H3,(H,22,26)(H,23,25,27). The quantitative estimate of drug-likeness (QED) is 0.757. The van der Waals surface area contributed by atoms with E-state index in [1.54, 1.807) is 0 Å². The first-order chi connectivity index (χ1) is 13.3. The second-order valence-corrected chi connectivity index (χ2v) is 9.85. The number of amides is 2. The van der Waals surface area contributed by atoms with Crippen molar-refractivity contribution < 1.29 is 9.59 Å². The Hall–Kier alpha value is -2.15. The predicted octanol–water partition coefficient (Wildman–Crippen LogP) is 3.81. The summed E-state index contributed by atoms with van der Waals surface area (Å²) in [7, 11) is 0. The van der Waals surface area contributed by atoms with Gasteiger partial charge in [0.25, 0.3) is 0 Å². The average molecular weight is 399 g/mol. The monoisotopic (exact) mass is 398 g/mol. The molecule has 0 aromatic heterocycles. The molecule has 2 bridgehead atoms. The molecule has 3 fully saturated rings. The summed E-state index contributed by atoms with van der Waals surface area (Å²) in [6.07, 6.45) is 3.49. The lowest BCUT2D eigenvalue weighted by Gasteiger charge is -2.34. The van der Waals surface area contributed by atoms with Crippen LogP contribution in [0, 0.1) is 16.7 Å². The van der Waals surface area contributed by atoms with Crippen molar-refractivity contribution in [1.29, 1.82) is 0 Å². The Bertz CT molecular complexity index is 864. The number of hydrogen-bond donors (Lipinski definition) is 2. The van der Waals surface area contributed by atoms with E-state index >= 15 is 0 Å². The van der Waals surface area contributed by atoms with E-state index < -0.39 is 5.25 Å². The van der Waals surface area contributed by atoms with Gasteiger partial charge in [-0.05, 0) is 42.7 Å². The molecular weight excluding hydrogens is 372 g/mol. The van der Waals surface area contributed by atoms with E-state index in [9.17, 15) is 9.59 Å². The Balaban J connectivity index is 1.39. The zero-order valence-electron chi connectivity index (χ0n) is 16.5. The van der Waals surface area contributed by atoms with Gasteiger partial charge in [-0.25, -0.2) is 0 Å². The maximum atomic E-state index is 12.2. The molecule has 4 rings (SSSR count). The van der Waals surface area contributed by atoms with Gasteiger partial charge >= 0.3 is 0 Å². The summed E-state index contributed by atoms with van der Waals surface area (Å²) in [5.41, 5.74) is 2.20. The third-order valence-corrected chi connectivity index (χ3v) is 8.05. The van der Waals surface area contributed by atoms with Gasteiger partial charge in [0.15, 0.2) is 5.17 Å². The largest absolute Gasteiger partial charge is 0.326 e. The SMILES string of the molecule is CC12CCC(CC1=N/N=C1/NC(=O)C(CC(=O)Nc3ccccc3)S1)C2(C)C. The van der Waals surface area contributed by atoms with Gasteiger partial charge in [0.05, 0.1) is 0 Å². The average Bonchev–Trinajstić information content (AvgIpc) is 3.17. The van der Waals surface area contributed by atoms with Crippen LogP contribution in [0.1, 0.15) is 46.5 Å². The highest BCUT2D eigenvalue weighted by atomic mass is 32.2. The summed E-state index contributed by atoms with van der Waals surface area (Å²) >= 11 is 1.28. The molecular formula is C21H26N4O2S. The van der Waals surface area contributed by atoms with E-state index in [1.807, 2.05) is 30.3 Å². The molecule has 148 valence electrons. The number of thioether (sulfide) groups is 1. The highest BCUT2D eigenvalue weighted by molar-refractivity contribution is 8.15. The van der Waals surface area contributed by atoms with E-state index in [0.717, 1.165) is 24.2 Å². The van der Waals surface area contributed by atoms with Crippen LogP contribution in [0.4, 0.5) is 5.69 Å². The highest BCUT2D eigenvalue weighted by Gasteiger charge is 2.60. The highest BCUT2D eigenvalue weighted by Crippen LogP contribution is 2.64. The molecule has 28 heavy (non-hydrogen) atoms. The zero-order valence-corrected chi connectivity index (χ0v) is 17.3. The second kappa shape index (κ2) is 7.03. The number of nitrogens with zero attached hydrogens (tertiary/aromatic N) is 2. The van der Waals surface area contributed by atoms with Crippen LogP contribution in [0.15, 0.2) is 40.5 Å². The molecule has 0 spiro atoms.